The monoisotopic (exact) mass is 463 g/mol. The van der Waals surface area contributed by atoms with Crippen molar-refractivity contribution in [1.29, 1.82) is 0 Å². The summed E-state index contributed by atoms with van der Waals surface area (Å²) in [6.45, 7) is 5.13. The number of benzene rings is 1. The third-order valence-electron chi connectivity index (χ3n) is 5.32. The van der Waals surface area contributed by atoms with Crippen molar-refractivity contribution in [3.05, 3.63) is 52.2 Å². The van der Waals surface area contributed by atoms with Crippen molar-refractivity contribution in [2.24, 2.45) is 5.92 Å². The Balaban J connectivity index is 1.59. The van der Waals surface area contributed by atoms with Crippen LogP contribution in [0.25, 0.3) is 0 Å². The molecule has 1 atom stereocenters. The van der Waals surface area contributed by atoms with Gasteiger partial charge in [-0.1, -0.05) is 38.5 Å². The molecule has 3 rings (SSSR count). The van der Waals surface area contributed by atoms with Gasteiger partial charge in [-0.05, 0) is 47.9 Å². The molecule has 0 aliphatic carbocycles. The summed E-state index contributed by atoms with van der Waals surface area (Å²) in [5.74, 6) is -0.623. The molecular formula is C22H29N3O4S2. The van der Waals surface area contributed by atoms with Gasteiger partial charge < -0.3 is 10.6 Å². The minimum Gasteiger partial charge on any atom is -0.350 e. The number of rotatable bonds is 8. The predicted octanol–water partition coefficient (Wildman–Crippen LogP) is 2.99. The highest BCUT2D eigenvalue weighted by Crippen LogP contribution is 2.21. The van der Waals surface area contributed by atoms with Gasteiger partial charge >= 0.3 is 0 Å². The molecule has 2 aromatic rings. The topological polar surface area (TPSA) is 95.6 Å². The summed E-state index contributed by atoms with van der Waals surface area (Å²) < 4.78 is 27.0. The summed E-state index contributed by atoms with van der Waals surface area (Å²) in [4.78, 5) is 25.8. The highest BCUT2D eigenvalue weighted by Gasteiger charge is 2.26. The Kier molecular flexibility index (Phi) is 7.85. The van der Waals surface area contributed by atoms with Crippen molar-refractivity contribution in [3.63, 3.8) is 0 Å². The maximum atomic E-state index is 12.7. The lowest BCUT2D eigenvalue weighted by Gasteiger charge is -2.26. The van der Waals surface area contributed by atoms with Gasteiger partial charge in [0.15, 0.2) is 0 Å². The van der Waals surface area contributed by atoms with E-state index in [2.05, 4.69) is 10.6 Å². The number of amides is 2. The number of carbonyl (C=O) groups excluding carboxylic acids is 2. The van der Waals surface area contributed by atoms with Crippen LogP contribution in [0.2, 0.25) is 0 Å². The number of hydrogen-bond donors (Lipinski definition) is 2. The molecule has 168 valence electrons. The van der Waals surface area contributed by atoms with Crippen molar-refractivity contribution < 1.29 is 18.0 Å². The molecule has 0 unspecified atom stereocenters. The number of hydrogen-bond acceptors (Lipinski definition) is 5. The molecule has 0 spiro atoms. The molecule has 7 nitrogen and oxygen atoms in total. The second kappa shape index (κ2) is 10.4. The van der Waals surface area contributed by atoms with E-state index in [1.807, 2.05) is 19.2 Å². The zero-order valence-corrected chi connectivity index (χ0v) is 19.5. The van der Waals surface area contributed by atoms with Gasteiger partial charge in [-0.25, -0.2) is 8.42 Å². The minimum atomic E-state index is -3.47. The van der Waals surface area contributed by atoms with Gasteiger partial charge in [-0.3, -0.25) is 9.59 Å². The van der Waals surface area contributed by atoms with E-state index in [0.29, 0.717) is 18.0 Å². The Bertz CT molecular complexity index is 980. The summed E-state index contributed by atoms with van der Waals surface area (Å²) in [5, 5.41) is 7.45. The fourth-order valence-corrected chi connectivity index (χ4v) is 5.63. The summed E-state index contributed by atoms with van der Waals surface area (Å²) in [5.41, 5.74) is 0.790. The fraction of sp³-hybridized carbons (Fsp3) is 0.455. The lowest BCUT2D eigenvalue weighted by molar-refractivity contribution is -0.124. The van der Waals surface area contributed by atoms with Gasteiger partial charge in [-0.2, -0.15) is 4.31 Å². The summed E-state index contributed by atoms with van der Waals surface area (Å²) in [7, 11) is -3.47. The molecule has 31 heavy (non-hydrogen) atoms. The molecule has 2 N–H and O–H groups in total. The van der Waals surface area contributed by atoms with Crippen LogP contribution in [0.15, 0.2) is 46.7 Å². The number of piperidine rings is 1. The van der Waals surface area contributed by atoms with Gasteiger partial charge in [0.2, 0.25) is 15.9 Å². The summed E-state index contributed by atoms with van der Waals surface area (Å²) in [6.07, 6.45) is 2.85. The molecule has 2 heterocycles. The van der Waals surface area contributed by atoms with Gasteiger partial charge in [0, 0.05) is 19.6 Å². The molecule has 1 aliphatic heterocycles. The maximum absolute atomic E-state index is 12.7. The maximum Gasteiger partial charge on any atom is 0.262 e. The van der Waals surface area contributed by atoms with Crippen molar-refractivity contribution in [2.75, 3.05) is 13.1 Å². The van der Waals surface area contributed by atoms with Crippen LogP contribution in [0.3, 0.4) is 0 Å². The number of nitrogens with one attached hydrogen (secondary N) is 2. The second-order valence-electron chi connectivity index (χ2n) is 8.00. The molecule has 1 aromatic heterocycles. The number of sulfonamides is 1. The Morgan fingerprint density at radius 1 is 1.06 bits per heavy atom. The molecule has 1 fully saturated rings. The quantitative estimate of drug-likeness (QED) is 0.629. The van der Waals surface area contributed by atoms with E-state index in [1.165, 1.54) is 15.6 Å². The number of thiophene rings is 1. The van der Waals surface area contributed by atoms with Crippen LogP contribution in [-0.2, 0) is 21.4 Å². The van der Waals surface area contributed by atoms with Crippen LogP contribution in [0, 0.1) is 5.92 Å². The highest BCUT2D eigenvalue weighted by atomic mass is 32.2. The first-order chi connectivity index (χ1) is 14.8. The van der Waals surface area contributed by atoms with Crippen LogP contribution in [-0.4, -0.2) is 43.7 Å². The molecule has 0 radical (unpaired) electrons. The molecular weight excluding hydrogens is 434 g/mol. The zero-order valence-electron chi connectivity index (χ0n) is 17.8. The van der Waals surface area contributed by atoms with Crippen molar-refractivity contribution >= 4 is 33.2 Å². The molecule has 1 aliphatic rings. The molecule has 2 amide bonds. The Hall–Kier alpha value is -2.23. The van der Waals surface area contributed by atoms with E-state index in [9.17, 15) is 18.0 Å². The first-order valence-electron chi connectivity index (χ1n) is 10.5. The number of nitrogens with zero attached hydrogens (tertiary/aromatic N) is 1. The van der Waals surface area contributed by atoms with E-state index in [4.69, 9.17) is 0 Å². The van der Waals surface area contributed by atoms with E-state index in [0.717, 1.165) is 24.8 Å². The highest BCUT2D eigenvalue weighted by molar-refractivity contribution is 7.89. The molecule has 0 bridgehead atoms. The fourth-order valence-electron chi connectivity index (χ4n) is 3.49. The second-order valence-corrected chi connectivity index (χ2v) is 10.9. The normalized spacial score (nSPS) is 16.1. The average Bonchev–Trinajstić information content (AvgIpc) is 3.31. The number of carbonyl (C=O) groups is 2. The smallest absolute Gasteiger partial charge is 0.262 e. The van der Waals surface area contributed by atoms with Crippen molar-refractivity contribution in [3.8, 4) is 0 Å². The average molecular weight is 464 g/mol. The largest absolute Gasteiger partial charge is 0.350 e. The summed E-state index contributed by atoms with van der Waals surface area (Å²) in [6, 6.07) is 9.45. The molecule has 9 heteroatoms. The van der Waals surface area contributed by atoms with Crippen molar-refractivity contribution in [1.82, 2.24) is 14.9 Å². The molecule has 1 aromatic carbocycles. The first-order valence-corrected chi connectivity index (χ1v) is 12.8. The van der Waals surface area contributed by atoms with E-state index in [1.54, 1.807) is 36.4 Å². The lowest BCUT2D eigenvalue weighted by Crippen LogP contribution is -2.49. The standard InChI is InChI=1S/C22H29N3O4S2/c1-16(2)20(24-21(26)19-7-6-14-30-19)22(27)23-15-17-8-10-18(11-9-17)31(28,29)25-12-4-3-5-13-25/h6-11,14,16,20H,3-5,12-13,15H2,1-2H3,(H,23,27)(H,24,26)/t20-/m0/s1. The third kappa shape index (κ3) is 5.93. The van der Waals surface area contributed by atoms with Crippen LogP contribution in [0.4, 0.5) is 0 Å². The van der Waals surface area contributed by atoms with E-state index in [-0.39, 0.29) is 29.2 Å². The van der Waals surface area contributed by atoms with E-state index < -0.39 is 16.1 Å². The van der Waals surface area contributed by atoms with Crippen LogP contribution >= 0.6 is 11.3 Å². The third-order valence-corrected chi connectivity index (χ3v) is 8.11. The van der Waals surface area contributed by atoms with Crippen LogP contribution < -0.4 is 10.6 Å². The summed E-state index contributed by atoms with van der Waals surface area (Å²) >= 11 is 1.32. The Labute approximate surface area is 187 Å². The molecule has 1 saturated heterocycles. The Morgan fingerprint density at radius 3 is 2.32 bits per heavy atom. The zero-order chi connectivity index (χ0) is 22.4. The van der Waals surface area contributed by atoms with Gasteiger partial charge in [-0.15, -0.1) is 11.3 Å². The van der Waals surface area contributed by atoms with Crippen molar-refractivity contribution in [2.45, 2.75) is 50.6 Å². The SMILES string of the molecule is CC(C)[C@H](NC(=O)c1cccs1)C(=O)NCc1ccc(S(=O)(=O)N2CCCCC2)cc1. The lowest BCUT2D eigenvalue weighted by atomic mass is 10.0. The first kappa shape index (κ1) is 23.4. The Morgan fingerprint density at radius 2 is 1.74 bits per heavy atom. The molecule has 0 saturated carbocycles. The van der Waals surface area contributed by atoms with Gasteiger partial charge in [0.1, 0.15) is 6.04 Å². The van der Waals surface area contributed by atoms with Gasteiger partial charge in [0.25, 0.3) is 5.91 Å². The minimum absolute atomic E-state index is 0.0824. The van der Waals surface area contributed by atoms with Crippen LogP contribution in [0.5, 0.6) is 0 Å². The van der Waals surface area contributed by atoms with Crippen LogP contribution in [0.1, 0.15) is 48.3 Å². The van der Waals surface area contributed by atoms with E-state index >= 15 is 0 Å². The predicted molar refractivity (Wildman–Crippen MR) is 121 cm³/mol. The van der Waals surface area contributed by atoms with Gasteiger partial charge in [0.05, 0.1) is 9.77 Å².